The van der Waals surface area contributed by atoms with Gasteiger partial charge in [-0.25, -0.2) is 9.07 Å². The Kier molecular flexibility index (Phi) is 4.70. The van der Waals surface area contributed by atoms with Crippen molar-refractivity contribution in [2.75, 3.05) is 5.32 Å². The molecule has 1 N–H and O–H groups in total. The normalized spacial score (nSPS) is 10.5. The maximum absolute atomic E-state index is 12.9. The summed E-state index contributed by atoms with van der Waals surface area (Å²) in [5.74, 6) is -0.529. The quantitative estimate of drug-likeness (QED) is 0.796. The number of carbonyl (C=O) groups is 1. The molecule has 0 fully saturated rings. The van der Waals surface area contributed by atoms with Crippen molar-refractivity contribution in [3.05, 3.63) is 82.4 Å². The number of benzene rings is 2. The summed E-state index contributed by atoms with van der Waals surface area (Å²) in [5.41, 5.74) is 2.59. The Morgan fingerprint density at radius 2 is 1.88 bits per heavy atom. The molecule has 0 saturated heterocycles. The van der Waals surface area contributed by atoms with Crippen LogP contribution < -0.4 is 10.9 Å². The van der Waals surface area contributed by atoms with Crippen LogP contribution in [0, 0.1) is 5.82 Å². The number of aryl methyl sites for hydroxylation is 1. The number of hydrogen-bond acceptors (Lipinski definition) is 3. The van der Waals surface area contributed by atoms with Gasteiger partial charge in [0.15, 0.2) is 0 Å². The molecule has 6 heteroatoms. The fraction of sp³-hybridized carbons (Fsp3) is 0.105. The summed E-state index contributed by atoms with van der Waals surface area (Å²) in [6.07, 6.45) is 0.155. The number of rotatable bonds is 4. The van der Waals surface area contributed by atoms with Crippen molar-refractivity contribution in [3.63, 3.8) is 0 Å². The molecule has 0 bridgehead atoms. The molecule has 25 heavy (non-hydrogen) atoms. The van der Waals surface area contributed by atoms with Crippen LogP contribution in [-0.4, -0.2) is 15.7 Å². The Labute approximate surface area is 143 Å². The lowest BCUT2D eigenvalue weighted by Gasteiger charge is -2.08. The lowest BCUT2D eigenvalue weighted by atomic mass is 10.1. The number of halogens is 1. The Bertz CT molecular complexity index is 965. The first-order valence-corrected chi connectivity index (χ1v) is 7.70. The Morgan fingerprint density at radius 1 is 1.12 bits per heavy atom. The van der Waals surface area contributed by atoms with Gasteiger partial charge in [-0.2, -0.15) is 5.10 Å². The van der Waals surface area contributed by atoms with Gasteiger partial charge in [-0.3, -0.25) is 9.59 Å². The van der Waals surface area contributed by atoms with Crippen LogP contribution in [0.1, 0.15) is 5.56 Å². The van der Waals surface area contributed by atoms with Crippen molar-refractivity contribution in [2.45, 2.75) is 6.42 Å². The minimum absolute atomic E-state index is 0.155. The highest BCUT2D eigenvalue weighted by Crippen LogP contribution is 2.20. The lowest BCUT2D eigenvalue weighted by Crippen LogP contribution is -2.18. The van der Waals surface area contributed by atoms with Crippen LogP contribution in [0.5, 0.6) is 0 Å². The van der Waals surface area contributed by atoms with Crippen LogP contribution in [0.3, 0.4) is 0 Å². The van der Waals surface area contributed by atoms with E-state index in [0.29, 0.717) is 11.4 Å². The van der Waals surface area contributed by atoms with E-state index in [1.54, 1.807) is 43.4 Å². The van der Waals surface area contributed by atoms with Crippen molar-refractivity contribution < 1.29 is 9.18 Å². The van der Waals surface area contributed by atoms with E-state index in [1.807, 2.05) is 6.07 Å². The molecule has 0 saturated carbocycles. The summed E-state index contributed by atoms with van der Waals surface area (Å²) in [4.78, 5) is 23.6. The van der Waals surface area contributed by atoms with Crippen LogP contribution in [0.2, 0.25) is 0 Å². The summed E-state index contributed by atoms with van der Waals surface area (Å²) >= 11 is 0. The highest BCUT2D eigenvalue weighted by Gasteiger charge is 2.07. The summed E-state index contributed by atoms with van der Waals surface area (Å²) in [6.45, 7) is 0. The average Bonchev–Trinajstić information content (AvgIpc) is 2.59. The Hall–Kier alpha value is -3.28. The summed E-state index contributed by atoms with van der Waals surface area (Å²) in [5, 5.41) is 7.01. The van der Waals surface area contributed by atoms with E-state index in [4.69, 9.17) is 0 Å². The minimum Gasteiger partial charge on any atom is -0.326 e. The van der Waals surface area contributed by atoms with Crippen molar-refractivity contribution >= 4 is 11.6 Å². The molecule has 0 spiro atoms. The first-order chi connectivity index (χ1) is 12.0. The van der Waals surface area contributed by atoms with Crippen LogP contribution in [-0.2, 0) is 18.3 Å². The number of amides is 1. The number of nitrogens with zero attached hydrogens (tertiary/aromatic N) is 2. The Balaban J connectivity index is 1.74. The molecule has 3 aromatic rings. The number of carbonyl (C=O) groups excluding carboxylic acids is 1. The second-order valence-corrected chi connectivity index (χ2v) is 5.61. The molecule has 2 aromatic carbocycles. The third-order valence-corrected chi connectivity index (χ3v) is 3.68. The molecule has 0 radical (unpaired) electrons. The number of anilines is 1. The molecule has 0 unspecified atom stereocenters. The van der Waals surface area contributed by atoms with Gasteiger partial charge in [0.1, 0.15) is 5.82 Å². The largest absolute Gasteiger partial charge is 0.326 e. The fourth-order valence-electron chi connectivity index (χ4n) is 2.41. The first kappa shape index (κ1) is 16.6. The molecule has 1 heterocycles. The average molecular weight is 337 g/mol. The van der Waals surface area contributed by atoms with Crippen LogP contribution >= 0.6 is 0 Å². The minimum atomic E-state index is -0.332. The van der Waals surface area contributed by atoms with Gasteiger partial charge in [0.05, 0.1) is 12.1 Å². The second kappa shape index (κ2) is 7.09. The maximum atomic E-state index is 12.9. The summed E-state index contributed by atoms with van der Waals surface area (Å²) < 4.78 is 14.2. The zero-order valence-corrected chi connectivity index (χ0v) is 13.6. The maximum Gasteiger partial charge on any atom is 0.266 e. The zero-order valence-electron chi connectivity index (χ0n) is 13.6. The molecule has 0 aliphatic carbocycles. The number of aromatic nitrogens is 2. The van der Waals surface area contributed by atoms with Crippen molar-refractivity contribution in [3.8, 4) is 11.3 Å². The van der Waals surface area contributed by atoms with Gasteiger partial charge in [0.2, 0.25) is 5.91 Å². The second-order valence-electron chi connectivity index (χ2n) is 5.61. The van der Waals surface area contributed by atoms with Crippen LogP contribution in [0.25, 0.3) is 11.3 Å². The van der Waals surface area contributed by atoms with E-state index in [2.05, 4.69) is 10.4 Å². The topological polar surface area (TPSA) is 64.0 Å². The van der Waals surface area contributed by atoms with Gasteiger partial charge >= 0.3 is 0 Å². The van der Waals surface area contributed by atoms with E-state index in [1.165, 1.54) is 22.9 Å². The molecule has 126 valence electrons. The van der Waals surface area contributed by atoms with Crippen molar-refractivity contribution in [2.24, 2.45) is 7.05 Å². The number of hydrogen-bond donors (Lipinski definition) is 1. The molecule has 0 aliphatic heterocycles. The summed E-state index contributed by atoms with van der Waals surface area (Å²) in [6, 6.07) is 16.1. The van der Waals surface area contributed by atoms with E-state index in [0.717, 1.165) is 11.1 Å². The van der Waals surface area contributed by atoms with Gasteiger partial charge in [0, 0.05) is 24.4 Å². The smallest absolute Gasteiger partial charge is 0.266 e. The third kappa shape index (κ3) is 4.17. The number of nitrogens with one attached hydrogen (secondary N) is 1. The van der Waals surface area contributed by atoms with E-state index in [-0.39, 0.29) is 23.7 Å². The van der Waals surface area contributed by atoms with E-state index >= 15 is 0 Å². The first-order valence-electron chi connectivity index (χ1n) is 7.70. The fourth-order valence-corrected chi connectivity index (χ4v) is 2.41. The third-order valence-electron chi connectivity index (χ3n) is 3.68. The van der Waals surface area contributed by atoms with Crippen molar-refractivity contribution in [1.82, 2.24) is 9.78 Å². The molecular weight excluding hydrogens is 321 g/mol. The van der Waals surface area contributed by atoms with Gasteiger partial charge in [-0.05, 0) is 35.9 Å². The standard InChI is InChI=1S/C19H16FN3O2/c1-23-19(25)10-9-17(22-23)14-3-2-4-16(12-14)21-18(24)11-13-5-7-15(20)8-6-13/h2-10,12H,11H2,1H3,(H,21,24). The molecular formula is C19H16FN3O2. The van der Waals surface area contributed by atoms with E-state index in [9.17, 15) is 14.0 Å². The highest BCUT2D eigenvalue weighted by atomic mass is 19.1. The Morgan fingerprint density at radius 3 is 2.60 bits per heavy atom. The van der Waals surface area contributed by atoms with Gasteiger partial charge in [-0.15, -0.1) is 0 Å². The van der Waals surface area contributed by atoms with Gasteiger partial charge in [-0.1, -0.05) is 24.3 Å². The van der Waals surface area contributed by atoms with Crippen molar-refractivity contribution in [1.29, 1.82) is 0 Å². The highest BCUT2D eigenvalue weighted by molar-refractivity contribution is 5.92. The molecule has 0 aliphatic rings. The predicted octanol–water partition coefficient (Wildman–Crippen LogP) is 2.77. The molecule has 1 amide bonds. The van der Waals surface area contributed by atoms with Crippen LogP contribution in [0.15, 0.2) is 65.5 Å². The molecule has 1 aromatic heterocycles. The molecule has 5 nitrogen and oxygen atoms in total. The lowest BCUT2D eigenvalue weighted by molar-refractivity contribution is -0.115. The van der Waals surface area contributed by atoms with Crippen LogP contribution in [0.4, 0.5) is 10.1 Å². The monoisotopic (exact) mass is 337 g/mol. The van der Waals surface area contributed by atoms with Gasteiger partial charge in [0.25, 0.3) is 5.56 Å². The van der Waals surface area contributed by atoms with E-state index < -0.39 is 0 Å². The zero-order chi connectivity index (χ0) is 17.8. The predicted molar refractivity (Wildman–Crippen MR) is 93.6 cm³/mol. The molecule has 0 atom stereocenters. The SMILES string of the molecule is Cn1nc(-c2cccc(NC(=O)Cc3ccc(F)cc3)c2)ccc1=O. The summed E-state index contributed by atoms with van der Waals surface area (Å²) in [7, 11) is 1.58. The van der Waals surface area contributed by atoms with Gasteiger partial charge < -0.3 is 5.32 Å². The molecule has 3 rings (SSSR count).